The average molecular weight is 369 g/mol. The van der Waals surface area contributed by atoms with E-state index >= 15 is 0 Å². The summed E-state index contributed by atoms with van der Waals surface area (Å²) in [6.07, 6.45) is 2.83. The first-order chi connectivity index (χ1) is 12.2. The van der Waals surface area contributed by atoms with Crippen LogP contribution < -0.4 is 4.90 Å². The molecule has 0 saturated carbocycles. The molecule has 1 aliphatic rings. The van der Waals surface area contributed by atoms with E-state index in [-0.39, 0.29) is 11.4 Å². The fourth-order valence-electron chi connectivity index (χ4n) is 3.68. The van der Waals surface area contributed by atoms with Crippen molar-refractivity contribution >= 4 is 28.9 Å². The Morgan fingerprint density at radius 1 is 1.31 bits per heavy atom. The molecule has 0 amide bonds. The third-order valence-electron chi connectivity index (χ3n) is 5.33. The van der Waals surface area contributed by atoms with E-state index in [4.69, 9.17) is 11.6 Å². The highest BCUT2D eigenvalue weighted by molar-refractivity contribution is 6.32. The monoisotopic (exact) mass is 368 g/mol. The minimum Gasteiger partial charge on any atom is -0.369 e. The topological polar surface area (TPSA) is 27.0 Å². The van der Waals surface area contributed by atoms with Gasteiger partial charge >= 0.3 is 0 Å². The van der Waals surface area contributed by atoms with E-state index in [0.29, 0.717) is 22.1 Å². The Balaban J connectivity index is 2.08. The molecule has 0 aromatic heterocycles. The van der Waals surface area contributed by atoms with E-state index in [1.165, 1.54) is 17.7 Å². The number of anilines is 1. The number of hydrogen-bond acceptors (Lipinski definition) is 2. The fourth-order valence-corrected chi connectivity index (χ4v) is 3.89. The number of fused-ring (bicyclic) bond motifs is 1. The summed E-state index contributed by atoms with van der Waals surface area (Å²) < 4.78 is 13.1. The van der Waals surface area contributed by atoms with Crippen LogP contribution in [0.2, 0.25) is 5.02 Å². The van der Waals surface area contributed by atoms with Gasteiger partial charge in [0, 0.05) is 23.3 Å². The minimum atomic E-state index is -0.322. The number of rotatable bonds is 2. The molecular formula is C22H22ClFN2. The lowest BCUT2D eigenvalue weighted by molar-refractivity contribution is 0.395. The molecule has 26 heavy (non-hydrogen) atoms. The summed E-state index contributed by atoms with van der Waals surface area (Å²) in [7, 11) is 2.09. The number of allylic oxidation sites excluding steroid dienone is 1. The Morgan fingerprint density at radius 2 is 1.96 bits per heavy atom. The molecular weight excluding hydrogens is 347 g/mol. The van der Waals surface area contributed by atoms with Crippen molar-refractivity contribution in [3.8, 4) is 6.07 Å². The molecule has 0 N–H and O–H groups in total. The predicted molar refractivity (Wildman–Crippen MR) is 107 cm³/mol. The zero-order valence-electron chi connectivity index (χ0n) is 15.5. The molecule has 0 saturated heterocycles. The summed E-state index contributed by atoms with van der Waals surface area (Å²) in [4.78, 5) is 2.27. The van der Waals surface area contributed by atoms with Crippen molar-refractivity contribution in [2.45, 2.75) is 38.6 Å². The quantitative estimate of drug-likeness (QED) is 0.461. The summed E-state index contributed by atoms with van der Waals surface area (Å²) in [5.74, 6) is 0.0781. The second-order valence-electron chi connectivity index (χ2n) is 7.59. The van der Waals surface area contributed by atoms with Crippen LogP contribution in [0.5, 0.6) is 0 Å². The van der Waals surface area contributed by atoms with Crippen LogP contribution in [0.4, 0.5) is 10.1 Å². The van der Waals surface area contributed by atoms with Crippen LogP contribution in [0.15, 0.2) is 36.4 Å². The van der Waals surface area contributed by atoms with E-state index in [1.54, 1.807) is 18.2 Å². The Morgan fingerprint density at radius 3 is 2.58 bits per heavy atom. The lowest BCUT2D eigenvalue weighted by atomic mass is 9.80. The standard InChI is InChI=1S/C22H22ClFN2/c1-14-12-22(2,3)26(4)21-11-20(23)16(10-19(14)21)9-17(13-25)15-5-7-18(24)8-6-15/h5-11,14H,12H2,1-4H3/b17-9-. The van der Waals surface area contributed by atoms with Gasteiger partial charge in [-0.15, -0.1) is 0 Å². The Kier molecular flexibility index (Phi) is 4.82. The van der Waals surface area contributed by atoms with Gasteiger partial charge in [0.25, 0.3) is 0 Å². The van der Waals surface area contributed by atoms with Crippen molar-refractivity contribution in [1.82, 2.24) is 0 Å². The number of nitriles is 1. The Bertz CT molecular complexity index is 907. The molecule has 4 heteroatoms. The van der Waals surface area contributed by atoms with E-state index in [9.17, 15) is 9.65 Å². The number of nitrogens with zero attached hydrogens (tertiary/aromatic N) is 2. The highest BCUT2D eigenvalue weighted by Gasteiger charge is 2.34. The van der Waals surface area contributed by atoms with Crippen LogP contribution in [0.1, 0.15) is 49.8 Å². The van der Waals surface area contributed by atoms with Crippen LogP contribution in [-0.2, 0) is 0 Å². The lowest BCUT2D eigenvalue weighted by Crippen LogP contribution is -2.45. The van der Waals surface area contributed by atoms with Gasteiger partial charge in [-0.05, 0) is 73.2 Å². The predicted octanol–water partition coefficient (Wildman–Crippen LogP) is 6.27. The Hall–Kier alpha value is -2.31. The number of hydrogen-bond donors (Lipinski definition) is 0. The molecule has 0 radical (unpaired) electrons. The first-order valence-corrected chi connectivity index (χ1v) is 9.06. The van der Waals surface area contributed by atoms with Crippen LogP contribution in [0.25, 0.3) is 11.6 Å². The van der Waals surface area contributed by atoms with Gasteiger partial charge in [0.15, 0.2) is 0 Å². The summed E-state index contributed by atoms with van der Waals surface area (Å²) >= 11 is 6.54. The van der Waals surface area contributed by atoms with E-state index < -0.39 is 0 Å². The van der Waals surface area contributed by atoms with Crippen molar-refractivity contribution < 1.29 is 4.39 Å². The molecule has 1 unspecified atom stereocenters. The van der Waals surface area contributed by atoms with Gasteiger partial charge in [-0.2, -0.15) is 5.26 Å². The van der Waals surface area contributed by atoms with Crippen molar-refractivity contribution in [3.63, 3.8) is 0 Å². The zero-order valence-corrected chi connectivity index (χ0v) is 16.2. The maximum Gasteiger partial charge on any atom is 0.123 e. The van der Waals surface area contributed by atoms with Crippen molar-refractivity contribution in [1.29, 1.82) is 5.26 Å². The highest BCUT2D eigenvalue weighted by atomic mass is 35.5. The van der Waals surface area contributed by atoms with Gasteiger partial charge < -0.3 is 4.90 Å². The fraction of sp³-hybridized carbons (Fsp3) is 0.318. The van der Waals surface area contributed by atoms with Crippen LogP contribution >= 0.6 is 11.6 Å². The smallest absolute Gasteiger partial charge is 0.123 e. The zero-order chi connectivity index (χ0) is 19.1. The van der Waals surface area contributed by atoms with E-state index in [2.05, 4.69) is 44.9 Å². The van der Waals surface area contributed by atoms with Gasteiger partial charge in [0.2, 0.25) is 0 Å². The summed E-state index contributed by atoms with van der Waals surface area (Å²) in [6.45, 7) is 6.69. The third kappa shape index (κ3) is 3.34. The first kappa shape index (κ1) is 18.5. The Labute approximate surface area is 159 Å². The number of halogens is 2. The molecule has 2 aromatic carbocycles. The number of benzene rings is 2. The highest BCUT2D eigenvalue weighted by Crippen LogP contribution is 2.44. The summed E-state index contributed by atoms with van der Waals surface area (Å²) in [6, 6.07) is 12.2. The molecule has 2 aromatic rings. The summed E-state index contributed by atoms with van der Waals surface area (Å²) in [5.41, 5.74) is 4.39. The second-order valence-corrected chi connectivity index (χ2v) is 7.99. The van der Waals surface area contributed by atoms with Crippen LogP contribution in [0.3, 0.4) is 0 Å². The second kappa shape index (κ2) is 6.78. The van der Waals surface area contributed by atoms with Crippen molar-refractivity contribution in [2.24, 2.45) is 0 Å². The molecule has 3 rings (SSSR count). The molecule has 1 aliphatic heterocycles. The average Bonchev–Trinajstić information content (AvgIpc) is 2.59. The van der Waals surface area contributed by atoms with Crippen LogP contribution in [-0.4, -0.2) is 12.6 Å². The van der Waals surface area contributed by atoms with Crippen molar-refractivity contribution in [3.05, 3.63) is 63.9 Å². The molecule has 0 bridgehead atoms. The van der Waals surface area contributed by atoms with E-state index in [1.807, 2.05) is 6.07 Å². The van der Waals surface area contributed by atoms with Gasteiger partial charge in [0.1, 0.15) is 5.82 Å². The van der Waals surface area contributed by atoms with Gasteiger partial charge in [-0.1, -0.05) is 30.7 Å². The van der Waals surface area contributed by atoms with Crippen molar-refractivity contribution in [2.75, 3.05) is 11.9 Å². The lowest BCUT2D eigenvalue weighted by Gasteiger charge is -2.45. The summed E-state index contributed by atoms with van der Waals surface area (Å²) in [5, 5.41) is 10.1. The molecule has 2 nitrogen and oxygen atoms in total. The van der Waals surface area contributed by atoms with Gasteiger partial charge in [-0.3, -0.25) is 0 Å². The van der Waals surface area contributed by atoms with Gasteiger partial charge in [0.05, 0.1) is 11.6 Å². The molecule has 0 fully saturated rings. The van der Waals surface area contributed by atoms with Crippen LogP contribution in [0, 0.1) is 17.1 Å². The third-order valence-corrected chi connectivity index (χ3v) is 5.65. The van der Waals surface area contributed by atoms with Gasteiger partial charge in [-0.25, -0.2) is 4.39 Å². The normalized spacial score (nSPS) is 19.0. The maximum atomic E-state index is 13.1. The molecule has 1 heterocycles. The SMILES string of the molecule is CC1CC(C)(C)N(C)c2cc(Cl)c(/C=C(/C#N)c3ccc(F)cc3)cc21. The first-order valence-electron chi connectivity index (χ1n) is 8.68. The maximum absolute atomic E-state index is 13.1. The molecule has 0 spiro atoms. The molecule has 134 valence electrons. The molecule has 0 aliphatic carbocycles. The largest absolute Gasteiger partial charge is 0.369 e. The molecule has 1 atom stereocenters. The van der Waals surface area contributed by atoms with E-state index in [0.717, 1.165) is 17.7 Å². The minimum absolute atomic E-state index is 0.0685.